The van der Waals surface area contributed by atoms with Gasteiger partial charge in [0.1, 0.15) is 12.1 Å². The third-order valence-electron chi connectivity index (χ3n) is 4.71. The van der Waals surface area contributed by atoms with Crippen LogP contribution in [0.15, 0.2) is 12.5 Å². The maximum Gasteiger partial charge on any atom is 0.163 e. The van der Waals surface area contributed by atoms with E-state index >= 15 is 0 Å². The van der Waals surface area contributed by atoms with E-state index in [1.165, 1.54) is 38.8 Å². The lowest BCUT2D eigenvalue weighted by Gasteiger charge is -2.32. The number of piperidine rings is 1. The molecule has 0 radical (unpaired) electrons. The number of hydrogen-bond donors (Lipinski definition) is 1. The molecule has 0 bridgehead atoms. The van der Waals surface area contributed by atoms with E-state index in [9.17, 15) is 0 Å². The Morgan fingerprint density at radius 1 is 1.20 bits per heavy atom. The Bertz CT molecular complexity index is 621. The normalized spacial score (nSPS) is 26.9. The van der Waals surface area contributed by atoms with Gasteiger partial charge in [-0.2, -0.15) is 5.10 Å². The molecule has 0 unspecified atom stereocenters. The first-order chi connectivity index (χ1) is 9.83. The quantitative estimate of drug-likeness (QED) is 0.895. The van der Waals surface area contributed by atoms with Gasteiger partial charge >= 0.3 is 0 Å². The van der Waals surface area contributed by atoms with Crippen molar-refractivity contribution in [1.82, 2.24) is 24.6 Å². The van der Waals surface area contributed by atoms with E-state index in [0.29, 0.717) is 12.1 Å². The Balaban J connectivity index is 1.61. The molecular weight excluding hydrogens is 252 g/mol. The fraction of sp³-hybridized carbons (Fsp3) is 0.643. The Morgan fingerprint density at radius 2 is 2.15 bits per heavy atom. The first-order valence-electron chi connectivity index (χ1n) is 7.46. The molecule has 4 heterocycles. The van der Waals surface area contributed by atoms with E-state index in [2.05, 4.69) is 25.3 Å². The number of anilines is 1. The highest BCUT2D eigenvalue weighted by Gasteiger charge is 2.35. The smallest absolute Gasteiger partial charge is 0.163 e. The highest BCUT2D eigenvalue weighted by Crippen LogP contribution is 2.30. The highest BCUT2D eigenvalue weighted by molar-refractivity contribution is 5.86. The van der Waals surface area contributed by atoms with Crippen molar-refractivity contribution in [2.24, 2.45) is 7.05 Å². The fourth-order valence-electron chi connectivity index (χ4n) is 3.67. The van der Waals surface area contributed by atoms with Crippen molar-refractivity contribution in [3.8, 4) is 0 Å². The van der Waals surface area contributed by atoms with Gasteiger partial charge in [-0.05, 0) is 25.8 Å². The van der Waals surface area contributed by atoms with Crippen molar-refractivity contribution < 1.29 is 0 Å². The molecule has 20 heavy (non-hydrogen) atoms. The van der Waals surface area contributed by atoms with E-state index in [1.54, 1.807) is 11.0 Å². The summed E-state index contributed by atoms with van der Waals surface area (Å²) >= 11 is 0. The Labute approximate surface area is 118 Å². The molecule has 2 aromatic heterocycles. The summed E-state index contributed by atoms with van der Waals surface area (Å²) in [5.74, 6) is 0.931. The van der Waals surface area contributed by atoms with Gasteiger partial charge in [-0.3, -0.25) is 9.58 Å². The summed E-state index contributed by atoms with van der Waals surface area (Å²) in [6.45, 7) is 2.47. The summed E-state index contributed by atoms with van der Waals surface area (Å²) in [7, 11) is 1.91. The first-order valence-corrected chi connectivity index (χ1v) is 7.46. The van der Waals surface area contributed by atoms with Crippen molar-refractivity contribution in [2.45, 2.75) is 37.8 Å². The number of fused-ring (bicyclic) bond motifs is 2. The molecule has 0 amide bonds. The summed E-state index contributed by atoms with van der Waals surface area (Å²) in [6.07, 6.45) is 8.69. The number of nitrogens with zero attached hydrogens (tertiary/aromatic N) is 5. The second kappa shape index (κ2) is 4.70. The van der Waals surface area contributed by atoms with Crippen LogP contribution in [0, 0.1) is 0 Å². The zero-order chi connectivity index (χ0) is 13.5. The molecule has 0 aromatic carbocycles. The standard InChI is InChI=1S/C14H20N6/c1-19-14-10(8-17-19)13(15-9-16-14)18-11-5-7-20-6-3-2-4-12(11)20/h8-9,11-12H,2-7H2,1H3,(H,15,16,18)/t11-,12+/m0/s1. The van der Waals surface area contributed by atoms with E-state index in [4.69, 9.17) is 0 Å². The van der Waals surface area contributed by atoms with E-state index in [1.807, 2.05) is 13.2 Å². The third-order valence-corrected chi connectivity index (χ3v) is 4.71. The van der Waals surface area contributed by atoms with Crippen LogP contribution in [-0.2, 0) is 7.05 Å². The fourth-order valence-corrected chi connectivity index (χ4v) is 3.67. The van der Waals surface area contributed by atoms with Gasteiger partial charge in [0, 0.05) is 25.7 Å². The van der Waals surface area contributed by atoms with E-state index in [0.717, 1.165) is 16.9 Å². The molecular formula is C14H20N6. The summed E-state index contributed by atoms with van der Waals surface area (Å²) in [5, 5.41) is 8.94. The minimum atomic E-state index is 0.508. The first kappa shape index (κ1) is 12.1. The predicted octanol–water partition coefficient (Wildman–Crippen LogP) is 1.40. The molecule has 0 saturated carbocycles. The Morgan fingerprint density at radius 3 is 3.10 bits per heavy atom. The van der Waals surface area contributed by atoms with Crippen molar-refractivity contribution in [3.05, 3.63) is 12.5 Å². The number of aryl methyl sites for hydroxylation is 1. The van der Waals surface area contributed by atoms with Crippen LogP contribution in [-0.4, -0.2) is 49.8 Å². The van der Waals surface area contributed by atoms with Crippen LogP contribution < -0.4 is 5.32 Å². The average Bonchev–Trinajstić information content (AvgIpc) is 3.05. The van der Waals surface area contributed by atoms with Crippen molar-refractivity contribution in [3.63, 3.8) is 0 Å². The predicted molar refractivity (Wildman–Crippen MR) is 77.5 cm³/mol. The lowest BCUT2D eigenvalue weighted by molar-refractivity contribution is 0.192. The lowest BCUT2D eigenvalue weighted by Crippen LogP contribution is -2.41. The van der Waals surface area contributed by atoms with Gasteiger partial charge in [0.15, 0.2) is 5.65 Å². The molecule has 2 aromatic rings. The zero-order valence-corrected chi connectivity index (χ0v) is 11.8. The summed E-state index contributed by atoms with van der Waals surface area (Å²) in [5.41, 5.74) is 0.890. The van der Waals surface area contributed by atoms with Gasteiger partial charge in [0.2, 0.25) is 0 Å². The summed E-state index contributed by atoms with van der Waals surface area (Å²) in [6, 6.07) is 1.18. The highest BCUT2D eigenvalue weighted by atomic mass is 15.3. The molecule has 2 fully saturated rings. The second-order valence-electron chi connectivity index (χ2n) is 5.87. The monoisotopic (exact) mass is 272 g/mol. The van der Waals surface area contributed by atoms with Crippen molar-refractivity contribution >= 4 is 16.9 Å². The third kappa shape index (κ3) is 1.86. The Kier molecular flexibility index (Phi) is 2.84. The van der Waals surface area contributed by atoms with Gasteiger partial charge in [-0.15, -0.1) is 0 Å². The van der Waals surface area contributed by atoms with Crippen LogP contribution in [0.1, 0.15) is 25.7 Å². The number of rotatable bonds is 2. The van der Waals surface area contributed by atoms with Crippen LogP contribution in [0.4, 0.5) is 5.82 Å². The Hall–Kier alpha value is -1.69. The molecule has 0 aliphatic carbocycles. The summed E-state index contributed by atoms with van der Waals surface area (Å²) in [4.78, 5) is 11.4. The summed E-state index contributed by atoms with van der Waals surface area (Å²) < 4.78 is 1.80. The van der Waals surface area contributed by atoms with Crippen molar-refractivity contribution in [1.29, 1.82) is 0 Å². The van der Waals surface area contributed by atoms with Gasteiger partial charge in [-0.25, -0.2) is 9.97 Å². The lowest BCUT2D eigenvalue weighted by atomic mass is 9.99. The minimum Gasteiger partial charge on any atom is -0.365 e. The molecule has 6 nitrogen and oxygen atoms in total. The van der Waals surface area contributed by atoms with Crippen LogP contribution in [0.5, 0.6) is 0 Å². The number of nitrogens with one attached hydrogen (secondary N) is 1. The van der Waals surface area contributed by atoms with Gasteiger partial charge in [0.05, 0.1) is 11.6 Å². The molecule has 1 N–H and O–H groups in total. The van der Waals surface area contributed by atoms with Gasteiger partial charge < -0.3 is 5.32 Å². The molecule has 2 atom stereocenters. The largest absolute Gasteiger partial charge is 0.365 e. The van der Waals surface area contributed by atoms with Gasteiger partial charge in [-0.1, -0.05) is 6.42 Å². The SMILES string of the molecule is Cn1ncc2c(N[C@H]3CCN4CCCC[C@H]34)ncnc21. The zero-order valence-electron chi connectivity index (χ0n) is 11.8. The number of aromatic nitrogens is 4. The topological polar surface area (TPSA) is 58.9 Å². The minimum absolute atomic E-state index is 0.508. The van der Waals surface area contributed by atoms with Gasteiger partial charge in [0.25, 0.3) is 0 Å². The van der Waals surface area contributed by atoms with Crippen molar-refractivity contribution in [2.75, 3.05) is 18.4 Å². The molecule has 106 valence electrons. The maximum absolute atomic E-state index is 4.43. The molecule has 2 saturated heterocycles. The van der Waals surface area contributed by atoms with E-state index in [-0.39, 0.29) is 0 Å². The van der Waals surface area contributed by atoms with Crippen LogP contribution >= 0.6 is 0 Å². The molecule has 0 spiro atoms. The maximum atomic E-state index is 4.43. The molecule has 6 heteroatoms. The molecule has 4 rings (SSSR count). The number of hydrogen-bond acceptors (Lipinski definition) is 5. The van der Waals surface area contributed by atoms with Crippen LogP contribution in [0.25, 0.3) is 11.0 Å². The molecule has 2 aliphatic rings. The molecule has 2 aliphatic heterocycles. The average molecular weight is 272 g/mol. The van der Waals surface area contributed by atoms with Crippen LogP contribution in [0.2, 0.25) is 0 Å². The van der Waals surface area contributed by atoms with Crippen LogP contribution in [0.3, 0.4) is 0 Å². The second-order valence-corrected chi connectivity index (χ2v) is 5.87. The van der Waals surface area contributed by atoms with E-state index < -0.39 is 0 Å².